The lowest BCUT2D eigenvalue weighted by Gasteiger charge is -1.97. The molecule has 0 spiro atoms. The van der Waals surface area contributed by atoms with Crippen LogP contribution in [0.15, 0.2) is 30.0 Å². The average Bonchev–Trinajstić information content (AvgIpc) is 2.09. The van der Waals surface area contributed by atoms with Crippen molar-refractivity contribution in [1.29, 1.82) is 5.26 Å². The summed E-state index contributed by atoms with van der Waals surface area (Å²) in [4.78, 5) is 0. The van der Waals surface area contributed by atoms with E-state index in [-0.39, 0.29) is 5.76 Å². The molecule has 1 rings (SSSR count). The third kappa shape index (κ3) is 1.86. The summed E-state index contributed by atoms with van der Waals surface area (Å²) < 4.78 is 0. The first-order valence-electron chi connectivity index (χ1n) is 3.60. The molecule has 0 unspecified atom stereocenters. The highest BCUT2D eigenvalue weighted by atomic mass is 16.3. The van der Waals surface area contributed by atoms with E-state index in [4.69, 9.17) is 10.4 Å². The van der Waals surface area contributed by atoms with Crippen molar-refractivity contribution in [2.75, 3.05) is 0 Å². The van der Waals surface area contributed by atoms with Crippen molar-refractivity contribution < 1.29 is 5.11 Å². The first kappa shape index (κ1) is 8.35. The highest BCUT2D eigenvalue weighted by Gasteiger charge is 1.94. The van der Waals surface area contributed by atoms with Crippen molar-refractivity contribution in [3.63, 3.8) is 0 Å². The number of allylic oxidation sites excluding steroid dienone is 1. The zero-order valence-electron chi connectivity index (χ0n) is 6.78. The minimum absolute atomic E-state index is 0.260. The van der Waals surface area contributed by atoms with Crippen LogP contribution in [0.1, 0.15) is 11.1 Å². The molecule has 1 N–H and O–H groups in total. The van der Waals surface area contributed by atoms with E-state index in [1.165, 1.54) is 6.08 Å². The predicted octanol–water partition coefficient (Wildman–Crippen LogP) is 2.42. The molecule has 0 aliphatic carbocycles. The van der Waals surface area contributed by atoms with Gasteiger partial charge in [-0.3, -0.25) is 0 Å². The molecule has 2 nitrogen and oxygen atoms in total. The maximum absolute atomic E-state index is 8.94. The fourth-order valence-corrected chi connectivity index (χ4v) is 0.928. The Labute approximate surface area is 71.4 Å². The van der Waals surface area contributed by atoms with Crippen molar-refractivity contribution in [3.05, 3.63) is 41.2 Å². The van der Waals surface area contributed by atoms with Crippen molar-refractivity contribution in [3.8, 4) is 6.07 Å². The smallest absolute Gasteiger partial charge is 0.195 e. The van der Waals surface area contributed by atoms with Gasteiger partial charge in [-0.1, -0.05) is 24.3 Å². The van der Waals surface area contributed by atoms with Crippen molar-refractivity contribution >= 4 is 6.08 Å². The van der Waals surface area contributed by atoms with Crippen molar-refractivity contribution in [1.82, 2.24) is 0 Å². The Bertz CT molecular complexity index is 347. The number of aliphatic hydroxyl groups is 1. The quantitative estimate of drug-likeness (QED) is 0.388. The van der Waals surface area contributed by atoms with Gasteiger partial charge in [0.15, 0.2) is 5.76 Å². The number of nitriles is 1. The first-order valence-corrected chi connectivity index (χ1v) is 3.60. The minimum Gasteiger partial charge on any atom is -0.499 e. The van der Waals surface area contributed by atoms with Crippen LogP contribution in [-0.4, -0.2) is 5.11 Å². The van der Waals surface area contributed by atoms with E-state index in [1.54, 1.807) is 6.07 Å². The fourth-order valence-electron chi connectivity index (χ4n) is 0.928. The molecule has 0 radical (unpaired) electrons. The molecule has 0 amide bonds. The summed E-state index contributed by atoms with van der Waals surface area (Å²) in [5.41, 5.74) is 1.91. The summed E-state index contributed by atoms with van der Waals surface area (Å²) in [6.45, 7) is 1.93. The molecular weight excluding hydrogens is 150 g/mol. The molecule has 0 aromatic heterocycles. The monoisotopic (exact) mass is 159 g/mol. The van der Waals surface area contributed by atoms with E-state index < -0.39 is 0 Å². The van der Waals surface area contributed by atoms with Gasteiger partial charge in [0.05, 0.1) is 0 Å². The second-order valence-corrected chi connectivity index (χ2v) is 2.50. The number of aryl methyl sites for hydroxylation is 1. The van der Waals surface area contributed by atoms with Crippen LogP contribution in [-0.2, 0) is 0 Å². The first-order chi connectivity index (χ1) is 5.74. The second kappa shape index (κ2) is 3.59. The molecule has 60 valence electrons. The van der Waals surface area contributed by atoms with E-state index >= 15 is 0 Å². The predicted molar refractivity (Wildman–Crippen MR) is 47.4 cm³/mol. The highest BCUT2D eigenvalue weighted by Crippen LogP contribution is 2.10. The topological polar surface area (TPSA) is 44.0 Å². The summed E-state index contributed by atoms with van der Waals surface area (Å²) in [5.74, 6) is -0.260. The number of rotatable bonds is 1. The number of aliphatic hydroxyl groups excluding tert-OH is 1. The van der Waals surface area contributed by atoms with Crippen LogP contribution >= 0.6 is 0 Å². The zero-order chi connectivity index (χ0) is 8.97. The van der Waals surface area contributed by atoms with E-state index in [0.29, 0.717) is 0 Å². The standard InChI is InChI=1S/C10H9NO/c1-8-4-2-3-5-9(8)6-10(12)7-11/h2-6,12H,1H3/b10-6-. The average molecular weight is 159 g/mol. The van der Waals surface area contributed by atoms with Gasteiger partial charge in [0.2, 0.25) is 0 Å². The number of hydrogen-bond acceptors (Lipinski definition) is 2. The Morgan fingerprint density at radius 3 is 2.75 bits per heavy atom. The van der Waals surface area contributed by atoms with Gasteiger partial charge in [-0.05, 0) is 24.1 Å². The lowest BCUT2D eigenvalue weighted by Crippen LogP contribution is -1.80. The van der Waals surface area contributed by atoms with Gasteiger partial charge >= 0.3 is 0 Å². The Morgan fingerprint density at radius 2 is 2.17 bits per heavy atom. The molecule has 0 aliphatic heterocycles. The Morgan fingerprint density at radius 1 is 1.50 bits per heavy atom. The third-order valence-electron chi connectivity index (χ3n) is 1.60. The van der Waals surface area contributed by atoms with Crippen LogP contribution in [0.4, 0.5) is 0 Å². The molecule has 1 aromatic rings. The SMILES string of the molecule is Cc1ccccc1/C=C(\O)C#N. The second-order valence-electron chi connectivity index (χ2n) is 2.50. The normalized spacial score (nSPS) is 10.8. The molecule has 0 bridgehead atoms. The molecule has 0 atom stereocenters. The van der Waals surface area contributed by atoms with Crippen LogP contribution in [0.2, 0.25) is 0 Å². The minimum atomic E-state index is -0.260. The summed E-state index contributed by atoms with van der Waals surface area (Å²) in [6, 6.07) is 9.21. The van der Waals surface area contributed by atoms with E-state index in [9.17, 15) is 0 Å². The van der Waals surface area contributed by atoms with Gasteiger partial charge in [0.25, 0.3) is 0 Å². The summed E-state index contributed by atoms with van der Waals surface area (Å²) >= 11 is 0. The zero-order valence-corrected chi connectivity index (χ0v) is 6.78. The Hall–Kier alpha value is -1.75. The fraction of sp³-hybridized carbons (Fsp3) is 0.100. The number of benzene rings is 1. The highest BCUT2D eigenvalue weighted by molar-refractivity contribution is 5.57. The van der Waals surface area contributed by atoms with Crippen LogP contribution in [0.5, 0.6) is 0 Å². The van der Waals surface area contributed by atoms with E-state index in [0.717, 1.165) is 11.1 Å². The number of hydrogen-bond donors (Lipinski definition) is 1. The number of nitrogens with zero attached hydrogens (tertiary/aromatic N) is 1. The van der Waals surface area contributed by atoms with Gasteiger partial charge in [-0.15, -0.1) is 0 Å². The van der Waals surface area contributed by atoms with Gasteiger partial charge in [0.1, 0.15) is 6.07 Å². The van der Waals surface area contributed by atoms with Gasteiger partial charge < -0.3 is 5.11 Å². The molecule has 0 saturated carbocycles. The molecule has 2 heteroatoms. The maximum atomic E-state index is 8.94. The van der Waals surface area contributed by atoms with Crippen LogP contribution < -0.4 is 0 Å². The van der Waals surface area contributed by atoms with E-state index in [1.807, 2.05) is 31.2 Å². The molecule has 12 heavy (non-hydrogen) atoms. The molecule has 1 aromatic carbocycles. The van der Waals surface area contributed by atoms with Crippen LogP contribution in [0, 0.1) is 18.3 Å². The molecule has 0 aliphatic rings. The molecular formula is C10H9NO. The van der Waals surface area contributed by atoms with Crippen LogP contribution in [0.25, 0.3) is 6.08 Å². The molecule has 0 heterocycles. The third-order valence-corrected chi connectivity index (χ3v) is 1.60. The van der Waals surface area contributed by atoms with Gasteiger partial charge in [-0.2, -0.15) is 5.26 Å². The van der Waals surface area contributed by atoms with Crippen molar-refractivity contribution in [2.45, 2.75) is 6.92 Å². The van der Waals surface area contributed by atoms with Gasteiger partial charge in [0, 0.05) is 0 Å². The largest absolute Gasteiger partial charge is 0.499 e. The summed E-state index contributed by atoms with van der Waals surface area (Å²) in [7, 11) is 0. The maximum Gasteiger partial charge on any atom is 0.195 e. The Kier molecular flexibility index (Phi) is 2.49. The summed E-state index contributed by atoms with van der Waals surface area (Å²) in [5, 5.41) is 17.3. The van der Waals surface area contributed by atoms with Gasteiger partial charge in [-0.25, -0.2) is 0 Å². The van der Waals surface area contributed by atoms with Crippen LogP contribution in [0.3, 0.4) is 0 Å². The van der Waals surface area contributed by atoms with E-state index in [2.05, 4.69) is 0 Å². The summed E-state index contributed by atoms with van der Waals surface area (Å²) in [6.07, 6.45) is 1.45. The van der Waals surface area contributed by atoms with Crippen molar-refractivity contribution in [2.24, 2.45) is 0 Å². The lowest BCUT2D eigenvalue weighted by molar-refractivity contribution is 0.441. The molecule has 0 fully saturated rings. The Balaban J connectivity index is 3.06. The molecule has 0 saturated heterocycles. The lowest BCUT2D eigenvalue weighted by atomic mass is 10.1.